The van der Waals surface area contributed by atoms with Crippen LogP contribution in [-0.2, 0) is 0 Å². The van der Waals surface area contributed by atoms with Gasteiger partial charge in [-0.05, 0) is 43.2 Å². The second-order valence-corrected chi connectivity index (χ2v) is 5.14. The van der Waals surface area contributed by atoms with Gasteiger partial charge >= 0.3 is 5.63 Å². The van der Waals surface area contributed by atoms with Gasteiger partial charge in [0.15, 0.2) is 5.76 Å². The van der Waals surface area contributed by atoms with Crippen LogP contribution in [0.2, 0.25) is 0 Å². The summed E-state index contributed by atoms with van der Waals surface area (Å²) in [5, 5.41) is 4.04. The summed E-state index contributed by atoms with van der Waals surface area (Å²) < 4.78 is 5.09. The van der Waals surface area contributed by atoms with Gasteiger partial charge in [0, 0.05) is 6.54 Å². The van der Waals surface area contributed by atoms with Crippen molar-refractivity contribution in [3.8, 4) is 0 Å². The van der Waals surface area contributed by atoms with Crippen molar-refractivity contribution >= 4 is 16.7 Å². The summed E-state index contributed by atoms with van der Waals surface area (Å²) in [5.74, 6) is 0.368. The highest BCUT2D eigenvalue weighted by molar-refractivity contribution is 5.95. The topological polar surface area (TPSA) is 59.3 Å². The maximum Gasteiger partial charge on any atom is 0.344 e. The highest BCUT2D eigenvalue weighted by atomic mass is 16.4. The predicted octanol–water partition coefficient (Wildman–Crippen LogP) is 2.24. The van der Waals surface area contributed by atoms with Crippen molar-refractivity contribution in [2.45, 2.75) is 19.8 Å². The van der Waals surface area contributed by atoms with Gasteiger partial charge in [0.05, 0.1) is 5.39 Å². The van der Waals surface area contributed by atoms with E-state index in [-0.39, 0.29) is 11.7 Å². The molecule has 1 aromatic carbocycles. The fraction of sp³-hybridized carbons (Fsp3) is 0.333. The Morgan fingerprint density at radius 2 is 2.16 bits per heavy atom. The van der Waals surface area contributed by atoms with Gasteiger partial charge in [0.2, 0.25) is 0 Å². The molecule has 1 aliphatic rings. The quantitative estimate of drug-likeness (QED) is 0.917. The summed E-state index contributed by atoms with van der Waals surface area (Å²) in [4.78, 5) is 23.8. The van der Waals surface area contributed by atoms with Crippen LogP contribution < -0.4 is 10.9 Å². The van der Waals surface area contributed by atoms with Crippen LogP contribution in [0.4, 0.5) is 0 Å². The van der Waals surface area contributed by atoms with E-state index in [4.69, 9.17) is 4.42 Å². The molecule has 19 heavy (non-hydrogen) atoms. The Balaban J connectivity index is 1.93. The van der Waals surface area contributed by atoms with Gasteiger partial charge in [-0.15, -0.1) is 0 Å². The number of rotatable bonds is 3. The van der Waals surface area contributed by atoms with E-state index in [9.17, 15) is 9.59 Å². The highest BCUT2D eigenvalue weighted by Crippen LogP contribution is 2.27. The van der Waals surface area contributed by atoms with E-state index >= 15 is 0 Å². The molecule has 1 saturated carbocycles. The SMILES string of the molecule is Cc1ccc2cc(C(=O)NCC3CC3)oc(=O)c2c1. The molecule has 1 amide bonds. The number of amides is 1. The lowest BCUT2D eigenvalue weighted by atomic mass is 10.1. The van der Waals surface area contributed by atoms with Gasteiger partial charge in [-0.3, -0.25) is 4.79 Å². The summed E-state index contributed by atoms with van der Waals surface area (Å²) in [6.07, 6.45) is 2.34. The number of nitrogens with one attached hydrogen (secondary N) is 1. The Bertz CT molecular complexity index is 698. The molecule has 0 saturated heterocycles. The standard InChI is InChI=1S/C15H15NO3/c1-9-2-5-11-7-13(19-15(18)12(11)6-9)14(17)16-8-10-3-4-10/h2,5-7,10H,3-4,8H2,1H3,(H,16,17). The molecular formula is C15H15NO3. The molecule has 98 valence electrons. The second-order valence-electron chi connectivity index (χ2n) is 5.14. The van der Waals surface area contributed by atoms with E-state index in [1.807, 2.05) is 19.1 Å². The van der Waals surface area contributed by atoms with E-state index in [0.717, 1.165) is 10.9 Å². The van der Waals surface area contributed by atoms with E-state index in [1.165, 1.54) is 12.8 Å². The molecular weight excluding hydrogens is 242 g/mol. The van der Waals surface area contributed by atoms with Crippen LogP contribution in [0.5, 0.6) is 0 Å². The highest BCUT2D eigenvalue weighted by Gasteiger charge is 2.22. The summed E-state index contributed by atoms with van der Waals surface area (Å²) in [6, 6.07) is 7.14. The Hall–Kier alpha value is -2.10. The lowest BCUT2D eigenvalue weighted by Gasteiger charge is -2.04. The van der Waals surface area contributed by atoms with Crippen molar-refractivity contribution in [3.05, 3.63) is 46.0 Å². The van der Waals surface area contributed by atoms with Gasteiger partial charge in [0.25, 0.3) is 5.91 Å². The molecule has 3 rings (SSSR count). The number of hydrogen-bond acceptors (Lipinski definition) is 3. The van der Waals surface area contributed by atoms with Crippen LogP contribution in [0.25, 0.3) is 10.8 Å². The molecule has 4 nitrogen and oxygen atoms in total. The fourth-order valence-electron chi connectivity index (χ4n) is 2.06. The monoisotopic (exact) mass is 257 g/mol. The third kappa shape index (κ3) is 2.52. The maximum absolute atomic E-state index is 11.9. The van der Waals surface area contributed by atoms with Crippen molar-refractivity contribution < 1.29 is 9.21 Å². The zero-order valence-corrected chi connectivity index (χ0v) is 10.7. The summed E-state index contributed by atoms with van der Waals surface area (Å²) in [6.45, 7) is 2.57. The predicted molar refractivity (Wildman–Crippen MR) is 72.3 cm³/mol. The lowest BCUT2D eigenvalue weighted by Crippen LogP contribution is -2.26. The number of hydrogen-bond donors (Lipinski definition) is 1. The van der Waals surface area contributed by atoms with E-state index in [0.29, 0.717) is 17.8 Å². The molecule has 1 fully saturated rings. The van der Waals surface area contributed by atoms with Crippen LogP contribution in [0.15, 0.2) is 33.5 Å². The first-order valence-corrected chi connectivity index (χ1v) is 6.46. The minimum absolute atomic E-state index is 0.0852. The second kappa shape index (κ2) is 4.53. The lowest BCUT2D eigenvalue weighted by molar-refractivity contribution is 0.0920. The zero-order valence-electron chi connectivity index (χ0n) is 10.7. The van der Waals surface area contributed by atoms with Crippen molar-refractivity contribution in [2.75, 3.05) is 6.54 Å². The molecule has 0 atom stereocenters. The number of carbonyl (C=O) groups excluding carboxylic acids is 1. The smallest absolute Gasteiger partial charge is 0.344 e. The number of benzene rings is 1. The van der Waals surface area contributed by atoms with Gasteiger partial charge in [0.1, 0.15) is 0 Å². The van der Waals surface area contributed by atoms with Gasteiger partial charge in [-0.2, -0.15) is 0 Å². The molecule has 1 aromatic heterocycles. The Kier molecular flexibility index (Phi) is 2.85. The Labute approximate surface area is 110 Å². The molecule has 1 N–H and O–H groups in total. The summed E-state index contributed by atoms with van der Waals surface area (Å²) in [7, 11) is 0. The third-order valence-electron chi connectivity index (χ3n) is 3.39. The van der Waals surface area contributed by atoms with Crippen molar-refractivity contribution in [3.63, 3.8) is 0 Å². The van der Waals surface area contributed by atoms with E-state index in [1.54, 1.807) is 12.1 Å². The third-order valence-corrected chi connectivity index (χ3v) is 3.39. The largest absolute Gasteiger partial charge is 0.417 e. The van der Waals surface area contributed by atoms with Crippen LogP contribution in [0.1, 0.15) is 29.0 Å². The maximum atomic E-state index is 11.9. The Morgan fingerprint density at radius 1 is 1.37 bits per heavy atom. The molecule has 4 heteroatoms. The molecule has 1 aliphatic carbocycles. The molecule has 0 spiro atoms. The van der Waals surface area contributed by atoms with Crippen LogP contribution in [0.3, 0.4) is 0 Å². The molecule has 0 bridgehead atoms. The molecule has 0 unspecified atom stereocenters. The normalized spacial score (nSPS) is 14.6. The van der Waals surface area contributed by atoms with Crippen LogP contribution in [0, 0.1) is 12.8 Å². The van der Waals surface area contributed by atoms with Crippen LogP contribution in [-0.4, -0.2) is 12.5 Å². The van der Waals surface area contributed by atoms with Crippen molar-refractivity contribution in [2.24, 2.45) is 5.92 Å². The summed E-state index contributed by atoms with van der Waals surface area (Å²) in [5.41, 5.74) is 0.531. The first kappa shape index (κ1) is 12.0. The minimum atomic E-state index is -0.460. The van der Waals surface area contributed by atoms with Crippen molar-refractivity contribution in [1.82, 2.24) is 5.32 Å². The molecule has 1 heterocycles. The average molecular weight is 257 g/mol. The minimum Gasteiger partial charge on any atom is -0.417 e. The number of aryl methyl sites for hydroxylation is 1. The van der Waals surface area contributed by atoms with Gasteiger partial charge in [-0.1, -0.05) is 17.7 Å². The molecule has 0 aliphatic heterocycles. The summed E-state index contributed by atoms with van der Waals surface area (Å²) >= 11 is 0. The Morgan fingerprint density at radius 3 is 2.89 bits per heavy atom. The molecule has 0 radical (unpaired) electrons. The number of carbonyl (C=O) groups is 1. The van der Waals surface area contributed by atoms with Crippen LogP contribution >= 0.6 is 0 Å². The molecule has 2 aromatic rings. The first-order valence-electron chi connectivity index (χ1n) is 6.46. The van der Waals surface area contributed by atoms with Crippen molar-refractivity contribution in [1.29, 1.82) is 0 Å². The number of fused-ring (bicyclic) bond motifs is 1. The first-order chi connectivity index (χ1) is 9.13. The van der Waals surface area contributed by atoms with E-state index < -0.39 is 5.63 Å². The fourth-order valence-corrected chi connectivity index (χ4v) is 2.06. The average Bonchev–Trinajstić information content (AvgIpc) is 3.20. The van der Waals surface area contributed by atoms with Gasteiger partial charge < -0.3 is 9.73 Å². The van der Waals surface area contributed by atoms with Gasteiger partial charge in [-0.25, -0.2) is 4.79 Å². The van der Waals surface area contributed by atoms with E-state index in [2.05, 4.69) is 5.32 Å². The zero-order chi connectivity index (χ0) is 13.4.